The number of benzene rings is 1. The van der Waals surface area contributed by atoms with Gasteiger partial charge in [0.05, 0.1) is 0 Å². The molecule has 1 amide bonds. The molecular formula is C17H23NO. The average Bonchev–Trinajstić information content (AvgIpc) is 2.87. The molecule has 102 valence electrons. The topological polar surface area (TPSA) is 29.1 Å². The highest BCUT2D eigenvalue weighted by atomic mass is 16.1. The van der Waals surface area contributed by atoms with Gasteiger partial charge in [0.2, 0.25) is 5.91 Å². The Morgan fingerprint density at radius 1 is 1.21 bits per heavy atom. The molecule has 0 saturated heterocycles. The lowest BCUT2D eigenvalue weighted by Gasteiger charge is -2.29. The molecule has 1 saturated carbocycles. The van der Waals surface area contributed by atoms with Crippen molar-refractivity contribution in [1.29, 1.82) is 0 Å². The van der Waals surface area contributed by atoms with Crippen molar-refractivity contribution >= 4 is 5.91 Å². The van der Waals surface area contributed by atoms with Crippen LogP contribution in [-0.4, -0.2) is 12.5 Å². The van der Waals surface area contributed by atoms with Gasteiger partial charge in [-0.05, 0) is 32.3 Å². The predicted molar refractivity (Wildman–Crippen MR) is 79.0 cm³/mol. The second-order valence-electron chi connectivity index (χ2n) is 5.79. The molecule has 0 atom stereocenters. The lowest BCUT2D eigenvalue weighted by Crippen LogP contribution is -2.38. The average molecular weight is 257 g/mol. The first-order valence-corrected chi connectivity index (χ1v) is 7.11. The van der Waals surface area contributed by atoms with Crippen LogP contribution >= 0.6 is 0 Å². The fourth-order valence-corrected chi connectivity index (χ4v) is 2.98. The number of allylic oxidation sites excluding steroid dienone is 1. The minimum Gasteiger partial charge on any atom is -0.352 e. The zero-order valence-corrected chi connectivity index (χ0v) is 11.9. The van der Waals surface area contributed by atoms with E-state index in [2.05, 4.69) is 29.6 Å². The van der Waals surface area contributed by atoms with E-state index >= 15 is 0 Å². The van der Waals surface area contributed by atoms with E-state index in [1.807, 2.05) is 19.9 Å². The van der Waals surface area contributed by atoms with Gasteiger partial charge >= 0.3 is 0 Å². The summed E-state index contributed by atoms with van der Waals surface area (Å²) in [5.41, 5.74) is 2.55. The van der Waals surface area contributed by atoms with Crippen LogP contribution in [0.3, 0.4) is 0 Å². The third kappa shape index (κ3) is 3.46. The van der Waals surface area contributed by atoms with Crippen LogP contribution in [0.1, 0.15) is 45.1 Å². The van der Waals surface area contributed by atoms with Crippen molar-refractivity contribution in [2.45, 2.75) is 44.9 Å². The Hall–Kier alpha value is -1.57. The molecule has 1 aromatic rings. The van der Waals surface area contributed by atoms with Crippen molar-refractivity contribution in [3.8, 4) is 0 Å². The number of rotatable bonds is 4. The number of carbonyl (C=O) groups is 1. The summed E-state index contributed by atoms with van der Waals surface area (Å²) in [6.45, 7) is 4.64. The summed E-state index contributed by atoms with van der Waals surface area (Å²) in [5.74, 6) is 0.0298. The second-order valence-corrected chi connectivity index (χ2v) is 5.79. The van der Waals surface area contributed by atoms with Crippen LogP contribution in [0.5, 0.6) is 0 Å². The normalized spacial score (nSPS) is 16.9. The van der Waals surface area contributed by atoms with Gasteiger partial charge in [0.15, 0.2) is 0 Å². The standard InChI is InChI=1S/C17H23NO/c1-14(2)12-16(19)18-13-17(10-6-7-11-17)15-8-4-3-5-9-15/h3-5,8-9,12H,6-7,10-11,13H2,1-2H3,(H,18,19). The van der Waals surface area contributed by atoms with Gasteiger partial charge in [-0.1, -0.05) is 48.7 Å². The van der Waals surface area contributed by atoms with E-state index in [4.69, 9.17) is 0 Å². The van der Waals surface area contributed by atoms with E-state index in [9.17, 15) is 4.79 Å². The highest BCUT2D eigenvalue weighted by Gasteiger charge is 2.35. The maximum Gasteiger partial charge on any atom is 0.243 e. The molecule has 0 radical (unpaired) electrons. The van der Waals surface area contributed by atoms with E-state index in [0.29, 0.717) is 0 Å². The quantitative estimate of drug-likeness (QED) is 0.821. The van der Waals surface area contributed by atoms with Crippen LogP contribution in [-0.2, 0) is 10.2 Å². The zero-order chi connectivity index (χ0) is 13.7. The molecule has 19 heavy (non-hydrogen) atoms. The first kappa shape index (κ1) is 13.9. The van der Waals surface area contributed by atoms with E-state index in [-0.39, 0.29) is 11.3 Å². The molecule has 2 nitrogen and oxygen atoms in total. The predicted octanol–water partition coefficient (Wildman–Crippen LogP) is 3.58. The molecule has 0 aliphatic heterocycles. The summed E-state index contributed by atoms with van der Waals surface area (Å²) >= 11 is 0. The molecule has 2 rings (SSSR count). The van der Waals surface area contributed by atoms with Crippen molar-refractivity contribution < 1.29 is 4.79 Å². The number of nitrogens with one attached hydrogen (secondary N) is 1. The van der Waals surface area contributed by atoms with Gasteiger partial charge in [-0.15, -0.1) is 0 Å². The third-order valence-electron chi connectivity index (χ3n) is 3.97. The largest absolute Gasteiger partial charge is 0.352 e. The van der Waals surface area contributed by atoms with Crippen LogP contribution in [0, 0.1) is 0 Å². The van der Waals surface area contributed by atoms with Gasteiger partial charge in [0.1, 0.15) is 0 Å². The minimum atomic E-state index is 0.0298. The third-order valence-corrected chi connectivity index (χ3v) is 3.97. The minimum absolute atomic E-state index is 0.0298. The van der Waals surface area contributed by atoms with Gasteiger partial charge in [0, 0.05) is 18.0 Å². The molecule has 1 aromatic carbocycles. The lowest BCUT2D eigenvalue weighted by atomic mass is 9.79. The summed E-state index contributed by atoms with van der Waals surface area (Å²) in [5, 5.41) is 3.08. The Bertz CT molecular complexity index is 451. The Kier molecular flexibility index (Phi) is 4.41. The smallest absolute Gasteiger partial charge is 0.243 e. The Labute approximate surface area is 115 Å². The van der Waals surface area contributed by atoms with Crippen molar-refractivity contribution in [2.75, 3.05) is 6.54 Å². The molecule has 1 N–H and O–H groups in total. The first-order chi connectivity index (χ1) is 9.12. The van der Waals surface area contributed by atoms with Crippen LogP contribution in [0.25, 0.3) is 0 Å². The highest BCUT2D eigenvalue weighted by molar-refractivity contribution is 5.88. The van der Waals surface area contributed by atoms with Crippen LogP contribution in [0.2, 0.25) is 0 Å². The van der Waals surface area contributed by atoms with E-state index in [1.165, 1.54) is 31.2 Å². The van der Waals surface area contributed by atoms with Crippen LogP contribution < -0.4 is 5.32 Å². The Balaban J connectivity index is 2.09. The maximum absolute atomic E-state index is 11.8. The molecule has 1 aliphatic rings. The summed E-state index contributed by atoms with van der Waals surface area (Å²) in [6, 6.07) is 10.6. The molecule has 0 bridgehead atoms. The van der Waals surface area contributed by atoms with Crippen molar-refractivity contribution in [1.82, 2.24) is 5.32 Å². The fourth-order valence-electron chi connectivity index (χ4n) is 2.98. The summed E-state index contributed by atoms with van der Waals surface area (Å²) in [4.78, 5) is 11.8. The Morgan fingerprint density at radius 2 is 1.84 bits per heavy atom. The lowest BCUT2D eigenvalue weighted by molar-refractivity contribution is -0.116. The number of amides is 1. The van der Waals surface area contributed by atoms with Crippen molar-refractivity contribution in [3.63, 3.8) is 0 Å². The molecule has 0 heterocycles. The van der Waals surface area contributed by atoms with Crippen molar-refractivity contribution in [2.24, 2.45) is 0 Å². The van der Waals surface area contributed by atoms with Gasteiger partial charge in [0.25, 0.3) is 0 Å². The summed E-state index contributed by atoms with van der Waals surface area (Å²) in [7, 11) is 0. The zero-order valence-electron chi connectivity index (χ0n) is 11.9. The second kappa shape index (κ2) is 6.05. The van der Waals surface area contributed by atoms with E-state index < -0.39 is 0 Å². The van der Waals surface area contributed by atoms with E-state index in [0.717, 1.165) is 12.1 Å². The molecule has 1 aliphatic carbocycles. The molecular weight excluding hydrogens is 234 g/mol. The Morgan fingerprint density at radius 3 is 2.42 bits per heavy atom. The van der Waals surface area contributed by atoms with Crippen molar-refractivity contribution in [3.05, 3.63) is 47.5 Å². The van der Waals surface area contributed by atoms with Gasteiger partial charge in [-0.2, -0.15) is 0 Å². The SMILES string of the molecule is CC(C)=CC(=O)NCC1(c2ccccc2)CCCC1. The molecule has 1 fully saturated rings. The van der Waals surface area contributed by atoms with Crippen LogP contribution in [0.15, 0.2) is 42.0 Å². The molecule has 0 unspecified atom stereocenters. The number of hydrogen-bond donors (Lipinski definition) is 1. The summed E-state index contributed by atoms with van der Waals surface area (Å²) < 4.78 is 0. The molecule has 0 aromatic heterocycles. The van der Waals surface area contributed by atoms with Gasteiger partial charge < -0.3 is 5.32 Å². The highest BCUT2D eigenvalue weighted by Crippen LogP contribution is 2.40. The van der Waals surface area contributed by atoms with Crippen LogP contribution in [0.4, 0.5) is 0 Å². The van der Waals surface area contributed by atoms with Gasteiger partial charge in [-0.25, -0.2) is 0 Å². The number of carbonyl (C=O) groups excluding carboxylic acids is 1. The maximum atomic E-state index is 11.8. The van der Waals surface area contributed by atoms with Gasteiger partial charge in [-0.3, -0.25) is 4.79 Å². The molecule has 0 spiro atoms. The fraction of sp³-hybridized carbons (Fsp3) is 0.471. The molecule has 2 heteroatoms. The monoisotopic (exact) mass is 257 g/mol. The summed E-state index contributed by atoms with van der Waals surface area (Å²) in [6.07, 6.45) is 6.53. The van der Waals surface area contributed by atoms with E-state index in [1.54, 1.807) is 6.08 Å². The first-order valence-electron chi connectivity index (χ1n) is 7.11. The number of hydrogen-bond acceptors (Lipinski definition) is 1.